The summed E-state index contributed by atoms with van der Waals surface area (Å²) in [6, 6.07) is 5.17. The molecule has 2 amide bonds. The fraction of sp³-hybridized carbons (Fsp3) is 0.500. The van der Waals surface area contributed by atoms with E-state index in [1.165, 1.54) is 34.1 Å². The van der Waals surface area contributed by atoms with Crippen molar-refractivity contribution in [1.82, 2.24) is 9.80 Å². The number of benzene rings is 1. The third kappa shape index (κ3) is 4.59. The van der Waals surface area contributed by atoms with Crippen LogP contribution in [0.1, 0.15) is 32.4 Å². The maximum atomic E-state index is 12.5. The first-order chi connectivity index (χ1) is 11.6. The molecule has 9 nitrogen and oxygen atoms in total. The number of nitro benzene ring substituents is 1. The third-order valence-electron chi connectivity index (χ3n) is 3.77. The van der Waals surface area contributed by atoms with Gasteiger partial charge in [0.2, 0.25) is 0 Å². The van der Waals surface area contributed by atoms with Crippen molar-refractivity contribution in [3.63, 3.8) is 0 Å². The molecule has 1 saturated heterocycles. The van der Waals surface area contributed by atoms with Crippen LogP contribution in [0.3, 0.4) is 0 Å². The van der Waals surface area contributed by atoms with Gasteiger partial charge in [-0.05, 0) is 26.3 Å². The van der Waals surface area contributed by atoms with Gasteiger partial charge in [0.1, 0.15) is 5.60 Å². The van der Waals surface area contributed by atoms with Crippen LogP contribution >= 0.6 is 0 Å². The molecule has 2 rings (SSSR count). The van der Waals surface area contributed by atoms with E-state index in [4.69, 9.17) is 4.74 Å². The van der Waals surface area contributed by atoms with Crippen LogP contribution in [0, 0.1) is 10.1 Å². The van der Waals surface area contributed by atoms with E-state index in [9.17, 15) is 24.8 Å². The summed E-state index contributed by atoms with van der Waals surface area (Å²) in [6.07, 6.45) is -1.61. The number of nitro groups is 1. The summed E-state index contributed by atoms with van der Waals surface area (Å²) in [6.45, 7) is 5.69. The Morgan fingerprint density at radius 3 is 2.32 bits per heavy atom. The number of amides is 2. The molecule has 1 aromatic rings. The normalized spacial score (nSPS) is 18.0. The van der Waals surface area contributed by atoms with E-state index >= 15 is 0 Å². The van der Waals surface area contributed by atoms with Crippen molar-refractivity contribution < 1.29 is 24.4 Å². The van der Waals surface area contributed by atoms with Crippen molar-refractivity contribution in [3.05, 3.63) is 39.9 Å². The summed E-state index contributed by atoms with van der Waals surface area (Å²) < 4.78 is 5.40. The minimum atomic E-state index is -1.07. The van der Waals surface area contributed by atoms with Crippen LogP contribution in [0.15, 0.2) is 24.3 Å². The van der Waals surface area contributed by atoms with Gasteiger partial charge in [-0.2, -0.15) is 0 Å². The highest BCUT2D eigenvalue weighted by atomic mass is 16.6. The molecule has 0 spiro atoms. The summed E-state index contributed by atoms with van der Waals surface area (Å²) in [5, 5.41) is 20.0. The van der Waals surface area contributed by atoms with Gasteiger partial charge < -0.3 is 14.7 Å². The molecule has 1 heterocycles. The van der Waals surface area contributed by atoms with E-state index in [0.717, 1.165) is 0 Å². The molecule has 9 heteroatoms. The standard InChI is InChI=1S/C16H21N3O6/c1-16(2,3)25-15(22)18-9-8-17(14(20)21)10-13(18)11-4-6-12(7-5-11)19(23)24/h4-7,13H,8-10H2,1-3H3,(H,20,21). The summed E-state index contributed by atoms with van der Waals surface area (Å²) in [4.78, 5) is 36.7. The lowest BCUT2D eigenvalue weighted by Gasteiger charge is -2.40. The van der Waals surface area contributed by atoms with Gasteiger partial charge in [0, 0.05) is 31.8 Å². The number of rotatable bonds is 2. The molecular formula is C16H21N3O6. The predicted octanol–water partition coefficient (Wildman–Crippen LogP) is 2.87. The summed E-state index contributed by atoms with van der Waals surface area (Å²) in [5.41, 5.74) is -0.137. The van der Waals surface area contributed by atoms with Gasteiger partial charge in [-0.25, -0.2) is 9.59 Å². The molecule has 1 unspecified atom stereocenters. The van der Waals surface area contributed by atoms with Gasteiger partial charge in [0.15, 0.2) is 0 Å². The summed E-state index contributed by atoms with van der Waals surface area (Å²) in [5.74, 6) is 0. The van der Waals surface area contributed by atoms with E-state index in [-0.39, 0.29) is 25.3 Å². The Kier molecular flexibility index (Phi) is 5.15. The van der Waals surface area contributed by atoms with Gasteiger partial charge in [-0.1, -0.05) is 12.1 Å². The average Bonchev–Trinajstić information content (AvgIpc) is 2.52. The van der Waals surface area contributed by atoms with Crippen LogP contribution in [-0.4, -0.2) is 57.3 Å². The molecule has 1 atom stereocenters. The molecule has 1 aliphatic rings. The van der Waals surface area contributed by atoms with Gasteiger partial charge in [-0.3, -0.25) is 15.0 Å². The van der Waals surface area contributed by atoms with Crippen molar-refractivity contribution in [2.24, 2.45) is 0 Å². The average molecular weight is 351 g/mol. The van der Waals surface area contributed by atoms with Crippen LogP contribution < -0.4 is 0 Å². The summed E-state index contributed by atoms with van der Waals surface area (Å²) in [7, 11) is 0. The zero-order valence-electron chi connectivity index (χ0n) is 14.3. The maximum Gasteiger partial charge on any atom is 0.410 e. The predicted molar refractivity (Wildman–Crippen MR) is 88.4 cm³/mol. The lowest BCUT2D eigenvalue weighted by Crippen LogP contribution is -2.53. The van der Waals surface area contributed by atoms with Crippen LogP contribution in [0.4, 0.5) is 15.3 Å². The molecule has 25 heavy (non-hydrogen) atoms. The molecule has 1 fully saturated rings. The second-order valence-corrected chi connectivity index (χ2v) is 6.77. The van der Waals surface area contributed by atoms with E-state index < -0.39 is 28.8 Å². The van der Waals surface area contributed by atoms with Crippen LogP contribution in [0.5, 0.6) is 0 Å². The number of piperazine rings is 1. The van der Waals surface area contributed by atoms with E-state index in [1.54, 1.807) is 20.8 Å². The Balaban J connectivity index is 2.29. The Hall–Kier alpha value is -2.84. The molecule has 136 valence electrons. The molecule has 1 aliphatic heterocycles. The molecule has 1 aromatic carbocycles. The molecular weight excluding hydrogens is 330 g/mol. The Morgan fingerprint density at radius 1 is 1.24 bits per heavy atom. The highest BCUT2D eigenvalue weighted by Gasteiger charge is 2.36. The molecule has 0 aromatic heterocycles. The highest BCUT2D eigenvalue weighted by molar-refractivity contribution is 5.70. The smallest absolute Gasteiger partial charge is 0.410 e. The van der Waals surface area contributed by atoms with Crippen molar-refractivity contribution in [2.45, 2.75) is 32.4 Å². The lowest BCUT2D eigenvalue weighted by molar-refractivity contribution is -0.384. The Morgan fingerprint density at radius 2 is 1.84 bits per heavy atom. The third-order valence-corrected chi connectivity index (χ3v) is 3.77. The number of carbonyl (C=O) groups excluding carboxylic acids is 1. The Bertz CT molecular complexity index is 667. The van der Waals surface area contributed by atoms with Crippen LogP contribution in [0.25, 0.3) is 0 Å². The van der Waals surface area contributed by atoms with E-state index in [2.05, 4.69) is 0 Å². The van der Waals surface area contributed by atoms with Crippen molar-refractivity contribution in [1.29, 1.82) is 0 Å². The SMILES string of the molecule is CC(C)(C)OC(=O)N1CCN(C(=O)O)CC1c1ccc([N+](=O)[O-])cc1. The number of hydrogen-bond donors (Lipinski definition) is 1. The summed E-state index contributed by atoms with van der Waals surface area (Å²) >= 11 is 0. The molecule has 0 aliphatic carbocycles. The second-order valence-electron chi connectivity index (χ2n) is 6.77. The number of hydrogen-bond acceptors (Lipinski definition) is 5. The second kappa shape index (κ2) is 6.96. The zero-order valence-corrected chi connectivity index (χ0v) is 14.3. The molecule has 0 radical (unpaired) electrons. The first-order valence-corrected chi connectivity index (χ1v) is 7.80. The Labute approximate surface area is 144 Å². The lowest BCUT2D eigenvalue weighted by atomic mass is 10.0. The fourth-order valence-corrected chi connectivity index (χ4v) is 2.60. The van der Waals surface area contributed by atoms with Crippen LogP contribution in [0.2, 0.25) is 0 Å². The molecule has 0 bridgehead atoms. The number of nitrogens with zero attached hydrogens (tertiary/aromatic N) is 3. The van der Waals surface area contributed by atoms with Gasteiger partial charge in [0.25, 0.3) is 5.69 Å². The fourth-order valence-electron chi connectivity index (χ4n) is 2.60. The molecule has 1 N–H and O–H groups in total. The van der Waals surface area contributed by atoms with Crippen molar-refractivity contribution >= 4 is 17.9 Å². The van der Waals surface area contributed by atoms with Crippen molar-refractivity contribution in [3.8, 4) is 0 Å². The number of ether oxygens (including phenoxy) is 1. The number of carbonyl (C=O) groups is 2. The van der Waals surface area contributed by atoms with Gasteiger partial charge >= 0.3 is 12.2 Å². The van der Waals surface area contributed by atoms with E-state index in [1.807, 2.05) is 0 Å². The largest absolute Gasteiger partial charge is 0.465 e. The van der Waals surface area contributed by atoms with Gasteiger partial charge in [-0.15, -0.1) is 0 Å². The minimum Gasteiger partial charge on any atom is -0.465 e. The van der Waals surface area contributed by atoms with Crippen molar-refractivity contribution in [2.75, 3.05) is 19.6 Å². The highest BCUT2D eigenvalue weighted by Crippen LogP contribution is 2.28. The maximum absolute atomic E-state index is 12.5. The molecule has 0 saturated carbocycles. The quantitative estimate of drug-likeness (QED) is 0.647. The topological polar surface area (TPSA) is 113 Å². The van der Waals surface area contributed by atoms with Gasteiger partial charge in [0.05, 0.1) is 11.0 Å². The zero-order chi connectivity index (χ0) is 18.8. The first kappa shape index (κ1) is 18.5. The number of non-ortho nitro benzene ring substituents is 1. The van der Waals surface area contributed by atoms with E-state index in [0.29, 0.717) is 5.56 Å². The monoisotopic (exact) mass is 351 g/mol. The first-order valence-electron chi connectivity index (χ1n) is 7.80. The number of carboxylic acid groups (broad SMARTS) is 1. The van der Waals surface area contributed by atoms with Crippen LogP contribution in [-0.2, 0) is 4.74 Å². The minimum absolute atomic E-state index is 0.0709.